The van der Waals surface area contributed by atoms with Gasteiger partial charge in [-0.05, 0) is 24.3 Å². The lowest BCUT2D eigenvalue weighted by molar-refractivity contribution is 0.101. The lowest BCUT2D eigenvalue weighted by atomic mass is 10.2. The van der Waals surface area contributed by atoms with Crippen molar-refractivity contribution in [2.45, 2.75) is 0 Å². The first kappa shape index (κ1) is 14.2. The maximum absolute atomic E-state index is 12.1. The van der Waals surface area contributed by atoms with Gasteiger partial charge in [-0.1, -0.05) is 29.5 Å². The molecule has 0 saturated heterocycles. The van der Waals surface area contributed by atoms with E-state index in [1.165, 1.54) is 0 Å². The van der Waals surface area contributed by atoms with Crippen LogP contribution in [-0.2, 0) is 7.05 Å². The molecular weight excluding hydrogens is 276 g/mol. The van der Waals surface area contributed by atoms with Crippen LogP contribution in [0.2, 0.25) is 5.02 Å². The van der Waals surface area contributed by atoms with Crippen LogP contribution < -0.4 is 5.32 Å². The average Bonchev–Trinajstić information content (AvgIpc) is 2.76. The predicted octanol–water partition coefficient (Wildman–Crippen LogP) is 2.27. The summed E-state index contributed by atoms with van der Waals surface area (Å²) in [5.74, 6) is 5.10. The highest BCUT2D eigenvalue weighted by atomic mass is 35.5. The number of benzene rings is 1. The molecule has 0 saturated carbocycles. The van der Waals surface area contributed by atoms with Crippen molar-refractivity contribution in [2.24, 2.45) is 7.05 Å². The topological polar surface area (TPSA) is 54.3 Å². The molecule has 2 rings (SSSR count). The second-order valence-electron chi connectivity index (χ2n) is 4.15. The SMILES string of the molecule is Cn1cc(Cl)cc1C(=O)Nc1cccc(C#CCO)c1. The van der Waals surface area contributed by atoms with Crippen molar-refractivity contribution >= 4 is 23.2 Å². The van der Waals surface area contributed by atoms with Gasteiger partial charge in [-0.3, -0.25) is 4.79 Å². The van der Waals surface area contributed by atoms with E-state index < -0.39 is 0 Å². The van der Waals surface area contributed by atoms with Crippen LogP contribution in [0.4, 0.5) is 5.69 Å². The minimum absolute atomic E-state index is 0.196. The van der Waals surface area contributed by atoms with Gasteiger partial charge in [0.1, 0.15) is 12.3 Å². The Labute approximate surface area is 122 Å². The molecule has 1 aromatic carbocycles. The summed E-state index contributed by atoms with van der Waals surface area (Å²) >= 11 is 5.85. The number of amides is 1. The van der Waals surface area contributed by atoms with Crippen molar-refractivity contribution in [1.29, 1.82) is 0 Å². The van der Waals surface area contributed by atoms with Crippen LogP contribution in [-0.4, -0.2) is 22.2 Å². The molecule has 0 aliphatic heterocycles. The van der Waals surface area contributed by atoms with Crippen molar-refractivity contribution in [1.82, 2.24) is 4.57 Å². The summed E-state index contributed by atoms with van der Waals surface area (Å²) in [5, 5.41) is 12.0. The fraction of sp³-hybridized carbons (Fsp3) is 0.133. The van der Waals surface area contributed by atoms with Gasteiger partial charge in [-0.2, -0.15) is 0 Å². The van der Waals surface area contributed by atoms with Crippen LogP contribution in [0.3, 0.4) is 0 Å². The first-order valence-corrected chi connectivity index (χ1v) is 6.31. The van der Waals surface area contributed by atoms with Gasteiger partial charge in [-0.25, -0.2) is 0 Å². The second-order valence-corrected chi connectivity index (χ2v) is 4.59. The van der Waals surface area contributed by atoms with Crippen LogP contribution in [0.5, 0.6) is 0 Å². The highest BCUT2D eigenvalue weighted by Crippen LogP contribution is 2.15. The standard InChI is InChI=1S/C15H13ClN2O2/c1-18-10-12(16)9-14(18)15(20)17-13-6-2-4-11(8-13)5-3-7-19/h2,4,6,8-10,19H,7H2,1H3,(H,17,20). The molecule has 4 nitrogen and oxygen atoms in total. The number of aliphatic hydroxyl groups excluding tert-OH is 1. The number of nitrogens with zero attached hydrogens (tertiary/aromatic N) is 1. The smallest absolute Gasteiger partial charge is 0.272 e. The lowest BCUT2D eigenvalue weighted by Gasteiger charge is -2.06. The van der Waals surface area contributed by atoms with Gasteiger partial charge in [0.2, 0.25) is 0 Å². The number of halogens is 1. The fourth-order valence-electron chi connectivity index (χ4n) is 1.76. The minimum atomic E-state index is -0.244. The Morgan fingerprint density at radius 2 is 2.25 bits per heavy atom. The summed E-state index contributed by atoms with van der Waals surface area (Å²) in [6.07, 6.45) is 1.67. The molecule has 1 aromatic heterocycles. The van der Waals surface area contributed by atoms with Gasteiger partial charge in [0, 0.05) is 24.5 Å². The van der Waals surface area contributed by atoms with E-state index in [4.69, 9.17) is 16.7 Å². The fourth-order valence-corrected chi connectivity index (χ4v) is 2.01. The van der Waals surface area contributed by atoms with Crippen molar-refractivity contribution in [3.05, 3.63) is 52.8 Å². The summed E-state index contributed by atoms with van der Waals surface area (Å²) in [6, 6.07) is 8.71. The second kappa shape index (κ2) is 6.29. The number of rotatable bonds is 2. The molecule has 0 radical (unpaired) electrons. The van der Waals surface area contributed by atoms with Crippen LogP contribution >= 0.6 is 11.6 Å². The monoisotopic (exact) mass is 288 g/mol. The Hall–Kier alpha value is -2.22. The molecule has 2 N–H and O–H groups in total. The summed E-state index contributed by atoms with van der Waals surface area (Å²) in [7, 11) is 1.75. The van der Waals surface area contributed by atoms with Crippen molar-refractivity contribution in [3.8, 4) is 11.8 Å². The number of aliphatic hydroxyl groups is 1. The Bertz CT molecular complexity index is 695. The van der Waals surface area contributed by atoms with Crippen molar-refractivity contribution < 1.29 is 9.90 Å². The Morgan fingerprint density at radius 3 is 2.90 bits per heavy atom. The molecule has 0 aliphatic carbocycles. The van der Waals surface area contributed by atoms with E-state index in [1.807, 2.05) is 0 Å². The quantitative estimate of drug-likeness (QED) is 0.833. The van der Waals surface area contributed by atoms with Gasteiger partial charge in [0.25, 0.3) is 5.91 Å². The maximum Gasteiger partial charge on any atom is 0.272 e. The molecule has 0 spiro atoms. The molecule has 5 heteroatoms. The number of nitrogens with one attached hydrogen (secondary N) is 1. The minimum Gasteiger partial charge on any atom is -0.384 e. The third kappa shape index (κ3) is 3.41. The van der Waals surface area contributed by atoms with Gasteiger partial charge in [0.15, 0.2) is 0 Å². The molecule has 0 aliphatic rings. The largest absolute Gasteiger partial charge is 0.384 e. The third-order valence-electron chi connectivity index (χ3n) is 2.64. The van der Waals surface area contributed by atoms with E-state index in [0.717, 1.165) is 5.56 Å². The molecule has 0 atom stereocenters. The first-order valence-electron chi connectivity index (χ1n) is 5.93. The van der Waals surface area contributed by atoms with E-state index >= 15 is 0 Å². The van der Waals surface area contributed by atoms with Crippen molar-refractivity contribution in [2.75, 3.05) is 11.9 Å². The van der Waals surface area contributed by atoms with Gasteiger partial charge < -0.3 is 15.0 Å². The zero-order chi connectivity index (χ0) is 14.5. The van der Waals surface area contributed by atoms with Crippen molar-refractivity contribution in [3.63, 3.8) is 0 Å². The average molecular weight is 289 g/mol. The lowest BCUT2D eigenvalue weighted by Crippen LogP contribution is -2.15. The number of carbonyl (C=O) groups excluding carboxylic acids is 1. The summed E-state index contributed by atoms with van der Waals surface area (Å²) in [5.41, 5.74) is 1.83. The first-order chi connectivity index (χ1) is 9.60. The van der Waals surface area contributed by atoms with E-state index in [9.17, 15) is 4.79 Å². The number of anilines is 1. The predicted molar refractivity (Wildman–Crippen MR) is 78.8 cm³/mol. The maximum atomic E-state index is 12.1. The highest BCUT2D eigenvalue weighted by Gasteiger charge is 2.11. The Morgan fingerprint density at radius 1 is 1.45 bits per heavy atom. The van der Waals surface area contributed by atoms with Crippen LogP contribution in [0.25, 0.3) is 0 Å². The number of hydrogen-bond acceptors (Lipinski definition) is 2. The van der Waals surface area contributed by atoms with Gasteiger partial charge >= 0.3 is 0 Å². The van der Waals surface area contributed by atoms with Crippen LogP contribution in [0.15, 0.2) is 36.5 Å². The number of carbonyl (C=O) groups is 1. The van der Waals surface area contributed by atoms with Crippen LogP contribution in [0, 0.1) is 11.8 Å². The Kier molecular flexibility index (Phi) is 4.46. The van der Waals surface area contributed by atoms with Gasteiger partial charge in [-0.15, -0.1) is 0 Å². The molecule has 20 heavy (non-hydrogen) atoms. The zero-order valence-electron chi connectivity index (χ0n) is 10.9. The Balaban J connectivity index is 2.17. The van der Waals surface area contributed by atoms with E-state index in [2.05, 4.69) is 17.2 Å². The summed E-state index contributed by atoms with van der Waals surface area (Å²) < 4.78 is 1.66. The summed E-state index contributed by atoms with van der Waals surface area (Å²) in [6.45, 7) is -0.196. The molecule has 1 amide bonds. The summed E-state index contributed by atoms with van der Waals surface area (Å²) in [4.78, 5) is 12.1. The van der Waals surface area contributed by atoms with Gasteiger partial charge in [0.05, 0.1) is 5.02 Å². The molecule has 1 heterocycles. The third-order valence-corrected chi connectivity index (χ3v) is 2.84. The normalized spacial score (nSPS) is 9.75. The molecule has 0 unspecified atom stereocenters. The molecule has 102 valence electrons. The number of aromatic nitrogens is 1. The highest BCUT2D eigenvalue weighted by molar-refractivity contribution is 6.31. The number of hydrogen-bond donors (Lipinski definition) is 2. The molecule has 0 bridgehead atoms. The zero-order valence-corrected chi connectivity index (χ0v) is 11.6. The molecule has 2 aromatic rings. The van der Waals surface area contributed by atoms with E-state index in [1.54, 1.807) is 48.1 Å². The van der Waals surface area contributed by atoms with Crippen LogP contribution in [0.1, 0.15) is 16.1 Å². The molecular formula is C15H13ClN2O2. The number of aryl methyl sites for hydroxylation is 1. The van der Waals surface area contributed by atoms with E-state index in [-0.39, 0.29) is 12.5 Å². The van der Waals surface area contributed by atoms with E-state index in [0.29, 0.717) is 16.4 Å². The molecule has 0 fully saturated rings.